The van der Waals surface area contributed by atoms with E-state index in [1.807, 2.05) is 19.2 Å². The largest absolute Gasteiger partial charge is 0.467 e. The van der Waals surface area contributed by atoms with Crippen molar-refractivity contribution >= 4 is 5.91 Å². The van der Waals surface area contributed by atoms with E-state index >= 15 is 0 Å². The molecule has 2 unspecified atom stereocenters. The van der Waals surface area contributed by atoms with Gasteiger partial charge in [0.2, 0.25) is 5.91 Å². The number of likely N-dealkylation sites (N-methyl/N-ethyl adjacent to an activating group) is 1. The minimum Gasteiger partial charge on any atom is -0.467 e. The van der Waals surface area contributed by atoms with Crippen molar-refractivity contribution in [3.05, 3.63) is 24.2 Å². The van der Waals surface area contributed by atoms with Crippen LogP contribution in [0.5, 0.6) is 0 Å². The van der Waals surface area contributed by atoms with E-state index < -0.39 is 0 Å². The highest BCUT2D eigenvalue weighted by Crippen LogP contribution is 2.17. The molecule has 1 aliphatic rings. The fraction of sp³-hybridized carbons (Fsp3) is 0.583. The lowest BCUT2D eigenvalue weighted by Crippen LogP contribution is -2.43. The predicted octanol–water partition coefficient (Wildman–Crippen LogP) is 0.472. The molecule has 2 heterocycles. The van der Waals surface area contributed by atoms with Gasteiger partial charge in [0.1, 0.15) is 5.76 Å². The van der Waals surface area contributed by atoms with Crippen molar-refractivity contribution in [2.75, 3.05) is 27.3 Å². The summed E-state index contributed by atoms with van der Waals surface area (Å²) in [6.07, 6.45) is 1.61. The monoisotopic (exact) mass is 238 g/mol. The van der Waals surface area contributed by atoms with Gasteiger partial charge in [0.25, 0.3) is 0 Å². The molecule has 1 fully saturated rings. The molecule has 17 heavy (non-hydrogen) atoms. The van der Waals surface area contributed by atoms with Crippen molar-refractivity contribution in [2.24, 2.45) is 5.92 Å². The zero-order chi connectivity index (χ0) is 12.3. The van der Waals surface area contributed by atoms with Crippen LogP contribution in [0.1, 0.15) is 5.76 Å². The first kappa shape index (κ1) is 12.1. The van der Waals surface area contributed by atoms with Crippen molar-refractivity contribution in [1.29, 1.82) is 0 Å². The van der Waals surface area contributed by atoms with Crippen LogP contribution in [-0.4, -0.2) is 44.2 Å². The van der Waals surface area contributed by atoms with Crippen molar-refractivity contribution in [1.82, 2.24) is 10.2 Å². The van der Waals surface area contributed by atoms with E-state index in [4.69, 9.17) is 9.15 Å². The molecule has 1 saturated heterocycles. The number of furan rings is 1. The van der Waals surface area contributed by atoms with Gasteiger partial charge < -0.3 is 19.4 Å². The molecule has 0 radical (unpaired) electrons. The van der Waals surface area contributed by atoms with Crippen LogP contribution in [0, 0.1) is 5.92 Å². The quantitative estimate of drug-likeness (QED) is 0.828. The molecule has 2 atom stereocenters. The molecule has 1 aromatic rings. The molecular formula is C12H18N2O3. The Morgan fingerprint density at radius 3 is 3.06 bits per heavy atom. The van der Waals surface area contributed by atoms with Gasteiger partial charge in [-0.05, 0) is 19.2 Å². The zero-order valence-electron chi connectivity index (χ0n) is 10.2. The first-order chi connectivity index (χ1) is 8.22. The molecule has 1 aliphatic heterocycles. The molecule has 0 bridgehead atoms. The third-order valence-corrected chi connectivity index (χ3v) is 3.12. The first-order valence-corrected chi connectivity index (χ1v) is 5.74. The molecule has 1 aromatic heterocycles. The smallest absolute Gasteiger partial charge is 0.229 e. The molecule has 0 saturated carbocycles. The van der Waals surface area contributed by atoms with Crippen molar-refractivity contribution in [2.45, 2.75) is 12.6 Å². The molecule has 0 aromatic carbocycles. The zero-order valence-corrected chi connectivity index (χ0v) is 10.2. The van der Waals surface area contributed by atoms with Gasteiger partial charge in [-0.3, -0.25) is 4.79 Å². The summed E-state index contributed by atoms with van der Waals surface area (Å²) in [7, 11) is 3.64. The van der Waals surface area contributed by atoms with Gasteiger partial charge in [-0.25, -0.2) is 0 Å². The van der Waals surface area contributed by atoms with Crippen LogP contribution in [0.15, 0.2) is 22.8 Å². The van der Waals surface area contributed by atoms with Crippen molar-refractivity contribution in [3.8, 4) is 0 Å². The normalized spacial score (nSPS) is 23.9. The molecule has 1 N–H and O–H groups in total. The first-order valence-electron chi connectivity index (χ1n) is 5.74. The van der Waals surface area contributed by atoms with Gasteiger partial charge >= 0.3 is 0 Å². The van der Waals surface area contributed by atoms with Crippen LogP contribution in [0.4, 0.5) is 0 Å². The highest BCUT2D eigenvalue weighted by Gasteiger charge is 2.34. The number of amides is 1. The molecule has 1 amide bonds. The van der Waals surface area contributed by atoms with E-state index in [0.717, 1.165) is 5.76 Å². The van der Waals surface area contributed by atoms with Gasteiger partial charge in [-0.1, -0.05) is 0 Å². The maximum atomic E-state index is 12.2. The van der Waals surface area contributed by atoms with Crippen molar-refractivity contribution in [3.63, 3.8) is 0 Å². The maximum absolute atomic E-state index is 12.2. The van der Waals surface area contributed by atoms with Crippen LogP contribution in [0.25, 0.3) is 0 Å². The van der Waals surface area contributed by atoms with Crippen molar-refractivity contribution < 1.29 is 13.9 Å². The minimum atomic E-state index is -0.0973. The average Bonchev–Trinajstić information content (AvgIpc) is 2.97. The molecule has 5 heteroatoms. The van der Waals surface area contributed by atoms with Gasteiger partial charge in [0.15, 0.2) is 0 Å². The second-order valence-corrected chi connectivity index (χ2v) is 4.31. The second kappa shape index (κ2) is 5.33. The molecule has 5 nitrogen and oxygen atoms in total. The Morgan fingerprint density at radius 2 is 2.41 bits per heavy atom. The lowest BCUT2D eigenvalue weighted by molar-refractivity contribution is -0.135. The number of ether oxygens (including phenoxy) is 1. The van der Waals surface area contributed by atoms with Gasteiger partial charge in [0, 0.05) is 13.1 Å². The Balaban J connectivity index is 1.94. The number of nitrogens with zero attached hydrogens (tertiary/aromatic N) is 1. The Labute approximate surface area is 101 Å². The summed E-state index contributed by atoms with van der Waals surface area (Å²) in [6.45, 7) is 1.59. The lowest BCUT2D eigenvalue weighted by Gasteiger charge is -2.22. The van der Waals surface area contributed by atoms with Crippen LogP contribution in [-0.2, 0) is 16.1 Å². The Morgan fingerprint density at radius 1 is 1.59 bits per heavy atom. The van der Waals surface area contributed by atoms with Gasteiger partial charge in [0.05, 0.1) is 31.9 Å². The number of rotatable bonds is 4. The Kier molecular flexibility index (Phi) is 3.81. The summed E-state index contributed by atoms with van der Waals surface area (Å²) in [5, 5.41) is 3.11. The number of nitrogens with one attached hydrogen (secondary N) is 1. The molecule has 0 aliphatic carbocycles. The van der Waals surface area contributed by atoms with Crippen LogP contribution < -0.4 is 5.32 Å². The SMILES string of the molecule is CNC1COCC1C(=O)N(C)Cc1ccco1. The van der Waals surface area contributed by atoms with E-state index in [0.29, 0.717) is 19.8 Å². The Hall–Kier alpha value is -1.33. The summed E-state index contributed by atoms with van der Waals surface area (Å²) in [6, 6.07) is 3.80. The van der Waals surface area contributed by atoms with Crippen LogP contribution in [0.2, 0.25) is 0 Å². The fourth-order valence-electron chi connectivity index (χ4n) is 2.08. The maximum Gasteiger partial charge on any atom is 0.229 e. The van der Waals surface area contributed by atoms with E-state index in [1.54, 1.807) is 18.2 Å². The molecular weight excluding hydrogens is 220 g/mol. The fourth-order valence-corrected chi connectivity index (χ4v) is 2.08. The van der Waals surface area contributed by atoms with Gasteiger partial charge in [-0.2, -0.15) is 0 Å². The summed E-state index contributed by atoms with van der Waals surface area (Å²) < 4.78 is 10.6. The minimum absolute atomic E-state index is 0.0956. The summed E-state index contributed by atoms with van der Waals surface area (Å²) in [5.41, 5.74) is 0. The van der Waals surface area contributed by atoms with Gasteiger partial charge in [-0.15, -0.1) is 0 Å². The number of hydrogen-bond donors (Lipinski definition) is 1. The number of hydrogen-bond acceptors (Lipinski definition) is 4. The third kappa shape index (κ3) is 2.68. The highest BCUT2D eigenvalue weighted by atomic mass is 16.5. The highest BCUT2D eigenvalue weighted by molar-refractivity contribution is 5.79. The Bertz CT molecular complexity index is 364. The van der Waals surface area contributed by atoms with E-state index in [-0.39, 0.29) is 17.9 Å². The topological polar surface area (TPSA) is 54.7 Å². The average molecular weight is 238 g/mol. The third-order valence-electron chi connectivity index (χ3n) is 3.12. The molecule has 0 spiro atoms. The summed E-state index contributed by atoms with van der Waals surface area (Å²) in [5.74, 6) is 0.791. The molecule has 2 rings (SSSR count). The number of carbonyl (C=O) groups excluding carboxylic acids is 1. The second-order valence-electron chi connectivity index (χ2n) is 4.31. The summed E-state index contributed by atoms with van der Waals surface area (Å²) >= 11 is 0. The van der Waals surface area contributed by atoms with Crippen LogP contribution >= 0.6 is 0 Å². The van der Waals surface area contributed by atoms with E-state index in [2.05, 4.69) is 5.32 Å². The lowest BCUT2D eigenvalue weighted by atomic mass is 10.0. The standard InChI is InChI=1S/C12H18N2O3/c1-13-11-8-16-7-10(11)12(15)14(2)6-9-4-3-5-17-9/h3-5,10-11,13H,6-8H2,1-2H3. The number of carbonyl (C=O) groups is 1. The predicted molar refractivity (Wildman–Crippen MR) is 62.3 cm³/mol. The van der Waals surface area contributed by atoms with E-state index in [9.17, 15) is 4.79 Å². The van der Waals surface area contributed by atoms with E-state index in [1.165, 1.54) is 0 Å². The summed E-state index contributed by atoms with van der Waals surface area (Å²) in [4.78, 5) is 13.9. The molecule has 94 valence electrons. The van der Waals surface area contributed by atoms with Crippen LogP contribution in [0.3, 0.4) is 0 Å².